The molecule has 2 nitrogen and oxygen atoms in total. The fourth-order valence-electron chi connectivity index (χ4n) is 2.60. The summed E-state index contributed by atoms with van der Waals surface area (Å²) in [5.74, 6) is -0.135. The number of rotatable bonds is 9. The molecule has 0 aliphatic heterocycles. The van der Waals surface area contributed by atoms with Gasteiger partial charge in [0.2, 0.25) is 0 Å². The Kier molecular flexibility index (Phi) is 7.35. The number of hydrogen-bond donors (Lipinski definition) is 1. The van der Waals surface area contributed by atoms with Gasteiger partial charge < -0.3 is 5.11 Å². The lowest BCUT2D eigenvalue weighted by molar-refractivity contribution is 0.0695. The number of carboxylic acids is 1. The number of aryl methyl sites for hydroxylation is 2. The van der Waals surface area contributed by atoms with Gasteiger partial charge in [0.15, 0.2) is 0 Å². The molecule has 0 saturated carbocycles. The van der Waals surface area contributed by atoms with Crippen molar-refractivity contribution in [2.75, 3.05) is 0 Å². The van der Waals surface area contributed by atoms with E-state index in [0.29, 0.717) is 11.5 Å². The Labute approximate surface area is 123 Å². The van der Waals surface area contributed by atoms with Crippen molar-refractivity contribution in [2.24, 2.45) is 5.92 Å². The van der Waals surface area contributed by atoms with Crippen molar-refractivity contribution < 1.29 is 9.90 Å². The summed E-state index contributed by atoms with van der Waals surface area (Å²) in [6, 6.07) is 5.63. The third-order valence-electron chi connectivity index (χ3n) is 3.95. The largest absolute Gasteiger partial charge is 0.478 e. The fourth-order valence-corrected chi connectivity index (χ4v) is 2.60. The number of unbranched alkanes of at least 4 members (excludes halogenated alkanes) is 3. The molecular formula is C18H28O2. The van der Waals surface area contributed by atoms with Gasteiger partial charge in [-0.25, -0.2) is 4.79 Å². The summed E-state index contributed by atoms with van der Waals surface area (Å²) in [5, 5.41) is 9.22. The molecule has 112 valence electrons. The van der Waals surface area contributed by atoms with Crippen molar-refractivity contribution in [2.45, 2.75) is 65.7 Å². The smallest absolute Gasteiger partial charge is 0.335 e. The van der Waals surface area contributed by atoms with E-state index in [0.717, 1.165) is 24.0 Å². The van der Waals surface area contributed by atoms with E-state index in [-0.39, 0.29) is 0 Å². The molecule has 0 bridgehead atoms. The maximum absolute atomic E-state index is 11.2. The van der Waals surface area contributed by atoms with Crippen LogP contribution in [0, 0.1) is 12.8 Å². The summed E-state index contributed by atoms with van der Waals surface area (Å²) < 4.78 is 0. The van der Waals surface area contributed by atoms with Crippen LogP contribution in [0.4, 0.5) is 0 Å². The molecule has 0 aliphatic carbocycles. The van der Waals surface area contributed by atoms with Gasteiger partial charge in [-0.2, -0.15) is 0 Å². The van der Waals surface area contributed by atoms with Crippen LogP contribution in [0.5, 0.6) is 0 Å². The molecule has 20 heavy (non-hydrogen) atoms. The zero-order valence-electron chi connectivity index (χ0n) is 13.1. The van der Waals surface area contributed by atoms with E-state index < -0.39 is 5.97 Å². The zero-order chi connectivity index (χ0) is 15.0. The molecule has 1 atom stereocenters. The maximum Gasteiger partial charge on any atom is 0.335 e. The van der Waals surface area contributed by atoms with Gasteiger partial charge in [0, 0.05) is 0 Å². The summed E-state index contributed by atoms with van der Waals surface area (Å²) in [6.45, 7) is 6.53. The second-order valence-corrected chi connectivity index (χ2v) is 5.96. The molecular weight excluding hydrogens is 248 g/mol. The first-order valence-electron chi connectivity index (χ1n) is 7.87. The van der Waals surface area contributed by atoms with E-state index in [2.05, 4.69) is 13.8 Å². The van der Waals surface area contributed by atoms with Crippen molar-refractivity contribution in [1.29, 1.82) is 0 Å². The SMILES string of the molecule is CCCCCCC(C)CCc1cc(C)ccc1C(=O)O. The topological polar surface area (TPSA) is 37.3 Å². The van der Waals surface area contributed by atoms with Crippen LogP contribution < -0.4 is 0 Å². The van der Waals surface area contributed by atoms with E-state index in [1.807, 2.05) is 19.1 Å². The third-order valence-corrected chi connectivity index (χ3v) is 3.95. The number of hydrogen-bond acceptors (Lipinski definition) is 1. The molecule has 1 rings (SSSR count). The van der Waals surface area contributed by atoms with E-state index in [9.17, 15) is 9.90 Å². The summed E-state index contributed by atoms with van der Waals surface area (Å²) in [6.07, 6.45) is 8.44. The lowest BCUT2D eigenvalue weighted by atomic mass is 9.93. The number of carboxylic acid groups (broad SMARTS) is 1. The van der Waals surface area contributed by atoms with E-state index >= 15 is 0 Å². The quantitative estimate of drug-likeness (QED) is 0.627. The van der Waals surface area contributed by atoms with Gasteiger partial charge in [-0.05, 0) is 37.3 Å². The standard InChI is InChI=1S/C18H28O2/c1-4-5-6-7-8-14(2)9-11-16-13-15(3)10-12-17(16)18(19)20/h10,12-14H,4-9,11H2,1-3H3,(H,19,20). The Bertz CT molecular complexity index is 423. The Morgan fingerprint density at radius 3 is 2.60 bits per heavy atom. The highest BCUT2D eigenvalue weighted by atomic mass is 16.4. The molecule has 1 aromatic rings. The molecule has 0 heterocycles. The lowest BCUT2D eigenvalue weighted by Gasteiger charge is -2.13. The monoisotopic (exact) mass is 276 g/mol. The fraction of sp³-hybridized carbons (Fsp3) is 0.611. The molecule has 2 heteroatoms. The van der Waals surface area contributed by atoms with Gasteiger partial charge in [0.1, 0.15) is 0 Å². The molecule has 1 unspecified atom stereocenters. The van der Waals surface area contributed by atoms with Gasteiger partial charge in [0.25, 0.3) is 0 Å². The molecule has 0 spiro atoms. The second kappa shape index (κ2) is 8.78. The van der Waals surface area contributed by atoms with Crippen LogP contribution in [0.1, 0.15) is 73.9 Å². The second-order valence-electron chi connectivity index (χ2n) is 5.96. The minimum absolute atomic E-state index is 0.466. The van der Waals surface area contributed by atoms with Crippen LogP contribution in [0.3, 0.4) is 0 Å². The Morgan fingerprint density at radius 2 is 1.95 bits per heavy atom. The highest BCUT2D eigenvalue weighted by molar-refractivity contribution is 5.89. The molecule has 0 saturated heterocycles. The maximum atomic E-state index is 11.2. The van der Waals surface area contributed by atoms with E-state index in [1.165, 1.54) is 32.1 Å². The summed E-state index contributed by atoms with van der Waals surface area (Å²) in [5.41, 5.74) is 2.59. The number of aromatic carboxylic acids is 1. The van der Waals surface area contributed by atoms with Gasteiger partial charge in [-0.3, -0.25) is 0 Å². The van der Waals surface area contributed by atoms with Crippen LogP contribution in [0.2, 0.25) is 0 Å². The lowest BCUT2D eigenvalue weighted by Crippen LogP contribution is -2.05. The summed E-state index contributed by atoms with van der Waals surface area (Å²) in [4.78, 5) is 11.2. The van der Waals surface area contributed by atoms with Crippen LogP contribution in [0.25, 0.3) is 0 Å². The predicted molar refractivity (Wildman–Crippen MR) is 84.4 cm³/mol. The average molecular weight is 276 g/mol. The van der Waals surface area contributed by atoms with E-state index in [4.69, 9.17) is 0 Å². The van der Waals surface area contributed by atoms with Crippen molar-refractivity contribution in [1.82, 2.24) is 0 Å². The highest BCUT2D eigenvalue weighted by Gasteiger charge is 2.11. The van der Waals surface area contributed by atoms with Gasteiger partial charge in [0.05, 0.1) is 5.56 Å². The van der Waals surface area contributed by atoms with Gasteiger partial charge in [-0.1, -0.05) is 63.6 Å². The summed E-state index contributed by atoms with van der Waals surface area (Å²) in [7, 11) is 0. The molecule has 0 amide bonds. The first-order chi connectivity index (χ1) is 9.54. The highest BCUT2D eigenvalue weighted by Crippen LogP contribution is 2.19. The molecule has 0 aromatic heterocycles. The van der Waals surface area contributed by atoms with Crippen molar-refractivity contribution in [3.05, 3.63) is 34.9 Å². The van der Waals surface area contributed by atoms with Crippen molar-refractivity contribution in [3.63, 3.8) is 0 Å². The van der Waals surface area contributed by atoms with Crippen molar-refractivity contribution in [3.8, 4) is 0 Å². The van der Waals surface area contributed by atoms with Crippen LogP contribution in [0.15, 0.2) is 18.2 Å². The molecule has 0 fully saturated rings. The zero-order valence-corrected chi connectivity index (χ0v) is 13.1. The van der Waals surface area contributed by atoms with Crippen LogP contribution in [-0.4, -0.2) is 11.1 Å². The van der Waals surface area contributed by atoms with Crippen molar-refractivity contribution >= 4 is 5.97 Å². The first kappa shape index (κ1) is 16.7. The minimum atomic E-state index is -0.810. The van der Waals surface area contributed by atoms with Crippen LogP contribution >= 0.6 is 0 Å². The summed E-state index contributed by atoms with van der Waals surface area (Å²) >= 11 is 0. The van der Waals surface area contributed by atoms with Gasteiger partial charge in [-0.15, -0.1) is 0 Å². The molecule has 0 radical (unpaired) electrons. The third kappa shape index (κ3) is 5.77. The average Bonchev–Trinajstić information content (AvgIpc) is 2.41. The van der Waals surface area contributed by atoms with Gasteiger partial charge >= 0.3 is 5.97 Å². The first-order valence-corrected chi connectivity index (χ1v) is 7.87. The number of carbonyl (C=O) groups is 1. The minimum Gasteiger partial charge on any atom is -0.478 e. The number of benzene rings is 1. The molecule has 1 N–H and O–H groups in total. The Morgan fingerprint density at radius 1 is 1.20 bits per heavy atom. The molecule has 1 aromatic carbocycles. The van der Waals surface area contributed by atoms with Crippen LogP contribution in [-0.2, 0) is 6.42 Å². The Balaban J connectivity index is 2.48. The Hall–Kier alpha value is -1.31. The van der Waals surface area contributed by atoms with E-state index in [1.54, 1.807) is 6.07 Å². The normalized spacial score (nSPS) is 12.3. The predicted octanol–water partition coefficient (Wildman–Crippen LogP) is 5.23. The molecule has 0 aliphatic rings.